The third kappa shape index (κ3) is 3.19. The summed E-state index contributed by atoms with van der Waals surface area (Å²) in [5, 5.41) is -0.675. The highest BCUT2D eigenvalue weighted by Gasteiger charge is 2.15. The van der Waals surface area contributed by atoms with Crippen LogP contribution < -0.4 is 5.56 Å². The SMILES string of the molecule is Cc1cc(C)n(CCC(C)C)c(=O)c1C(=O)Cl. The van der Waals surface area contributed by atoms with Gasteiger partial charge in [0.25, 0.3) is 10.8 Å². The molecule has 0 aromatic carbocycles. The number of aromatic nitrogens is 1. The van der Waals surface area contributed by atoms with Crippen molar-refractivity contribution in [1.29, 1.82) is 0 Å². The maximum atomic E-state index is 12.1. The predicted octanol–water partition coefficient (Wildman–Crippen LogP) is 2.89. The Morgan fingerprint density at radius 1 is 1.41 bits per heavy atom. The fourth-order valence-corrected chi connectivity index (χ4v) is 2.06. The van der Waals surface area contributed by atoms with Gasteiger partial charge in [0.05, 0.1) is 0 Å². The van der Waals surface area contributed by atoms with Gasteiger partial charge in [-0.25, -0.2) is 0 Å². The minimum atomic E-state index is -0.675. The smallest absolute Gasteiger partial charge is 0.263 e. The molecular weight excluding hydrogens is 238 g/mol. The lowest BCUT2D eigenvalue weighted by molar-refractivity contribution is 0.107. The molecule has 1 aromatic heterocycles. The van der Waals surface area contributed by atoms with E-state index in [0.717, 1.165) is 12.1 Å². The lowest BCUT2D eigenvalue weighted by Crippen LogP contribution is -2.28. The summed E-state index contributed by atoms with van der Waals surface area (Å²) in [4.78, 5) is 23.4. The van der Waals surface area contributed by atoms with Crippen LogP contribution in [0.25, 0.3) is 0 Å². The van der Waals surface area contributed by atoms with Crippen LogP contribution in [0.5, 0.6) is 0 Å². The summed E-state index contributed by atoms with van der Waals surface area (Å²) in [6, 6.07) is 1.83. The second-order valence-electron chi connectivity index (χ2n) is 4.76. The Labute approximate surface area is 106 Å². The summed E-state index contributed by atoms with van der Waals surface area (Å²) in [6.45, 7) is 8.43. The molecule has 1 aromatic rings. The average molecular weight is 256 g/mol. The van der Waals surface area contributed by atoms with Crippen LogP contribution in [0.1, 0.15) is 41.9 Å². The first kappa shape index (κ1) is 14.0. The van der Waals surface area contributed by atoms with E-state index in [1.165, 1.54) is 0 Å². The maximum Gasteiger partial charge on any atom is 0.263 e. The minimum absolute atomic E-state index is 0.0982. The number of halogens is 1. The van der Waals surface area contributed by atoms with Crippen LogP contribution in [0.2, 0.25) is 0 Å². The summed E-state index contributed by atoms with van der Waals surface area (Å²) >= 11 is 5.45. The first-order valence-corrected chi connectivity index (χ1v) is 6.13. The summed E-state index contributed by atoms with van der Waals surface area (Å²) in [5.41, 5.74) is 1.34. The lowest BCUT2D eigenvalue weighted by Gasteiger charge is -2.13. The summed E-state index contributed by atoms with van der Waals surface area (Å²) in [7, 11) is 0. The number of aryl methyl sites for hydroxylation is 2. The summed E-state index contributed by atoms with van der Waals surface area (Å²) in [6.07, 6.45) is 0.903. The number of pyridine rings is 1. The number of carbonyl (C=O) groups is 1. The fraction of sp³-hybridized carbons (Fsp3) is 0.538. The van der Waals surface area contributed by atoms with E-state index in [4.69, 9.17) is 11.6 Å². The van der Waals surface area contributed by atoms with Gasteiger partial charge in [-0.05, 0) is 49.4 Å². The van der Waals surface area contributed by atoms with Crippen LogP contribution in [0, 0.1) is 19.8 Å². The van der Waals surface area contributed by atoms with Crippen LogP contribution in [-0.2, 0) is 6.54 Å². The van der Waals surface area contributed by atoms with Crippen molar-refractivity contribution in [2.24, 2.45) is 5.92 Å². The van der Waals surface area contributed by atoms with E-state index in [1.54, 1.807) is 11.5 Å². The van der Waals surface area contributed by atoms with E-state index in [-0.39, 0.29) is 11.1 Å². The van der Waals surface area contributed by atoms with Crippen molar-refractivity contribution in [3.8, 4) is 0 Å². The predicted molar refractivity (Wildman–Crippen MR) is 69.8 cm³/mol. The molecule has 0 aliphatic carbocycles. The number of hydrogen-bond acceptors (Lipinski definition) is 2. The first-order valence-electron chi connectivity index (χ1n) is 5.75. The van der Waals surface area contributed by atoms with Gasteiger partial charge in [-0.3, -0.25) is 9.59 Å². The van der Waals surface area contributed by atoms with Crippen LogP contribution >= 0.6 is 11.6 Å². The molecule has 0 fully saturated rings. The Morgan fingerprint density at radius 3 is 2.47 bits per heavy atom. The molecule has 17 heavy (non-hydrogen) atoms. The van der Waals surface area contributed by atoms with Crippen molar-refractivity contribution in [2.75, 3.05) is 0 Å². The van der Waals surface area contributed by atoms with E-state index >= 15 is 0 Å². The van der Waals surface area contributed by atoms with Gasteiger partial charge in [-0.1, -0.05) is 13.8 Å². The second kappa shape index (κ2) is 5.50. The molecule has 0 saturated carbocycles. The molecule has 0 unspecified atom stereocenters. The Hall–Kier alpha value is -1.09. The van der Waals surface area contributed by atoms with Crippen molar-refractivity contribution in [2.45, 2.75) is 40.7 Å². The zero-order valence-corrected chi connectivity index (χ0v) is 11.5. The number of rotatable bonds is 4. The van der Waals surface area contributed by atoms with Crippen molar-refractivity contribution in [3.05, 3.63) is 33.2 Å². The fourth-order valence-electron chi connectivity index (χ4n) is 1.83. The van der Waals surface area contributed by atoms with Crippen LogP contribution in [-0.4, -0.2) is 9.81 Å². The minimum Gasteiger partial charge on any atom is -0.312 e. The Kier molecular flexibility index (Phi) is 4.52. The number of carbonyl (C=O) groups excluding carboxylic acids is 1. The quantitative estimate of drug-likeness (QED) is 0.776. The summed E-state index contributed by atoms with van der Waals surface area (Å²) in [5.74, 6) is 0.512. The molecule has 0 atom stereocenters. The maximum absolute atomic E-state index is 12.1. The lowest BCUT2D eigenvalue weighted by atomic mass is 10.1. The Balaban J connectivity index is 3.26. The van der Waals surface area contributed by atoms with E-state index in [1.807, 2.05) is 13.0 Å². The van der Waals surface area contributed by atoms with E-state index < -0.39 is 5.24 Å². The molecule has 0 saturated heterocycles. The highest BCUT2D eigenvalue weighted by atomic mass is 35.5. The summed E-state index contributed by atoms with van der Waals surface area (Å²) < 4.78 is 1.63. The van der Waals surface area contributed by atoms with Crippen LogP contribution in [0.15, 0.2) is 10.9 Å². The molecule has 3 nitrogen and oxygen atoms in total. The molecular formula is C13H18ClNO2. The van der Waals surface area contributed by atoms with Gasteiger partial charge in [-0.2, -0.15) is 0 Å². The van der Waals surface area contributed by atoms with Gasteiger partial charge in [0.15, 0.2) is 0 Å². The number of hydrogen-bond donors (Lipinski definition) is 0. The third-order valence-corrected chi connectivity index (χ3v) is 3.02. The standard InChI is InChI=1S/C13H18ClNO2/c1-8(2)5-6-15-10(4)7-9(3)11(12(14)16)13(15)17/h7-8H,5-6H2,1-4H3. The molecule has 0 radical (unpaired) electrons. The molecule has 1 rings (SSSR count). The molecule has 0 bridgehead atoms. The van der Waals surface area contributed by atoms with Gasteiger partial charge in [-0.15, -0.1) is 0 Å². The van der Waals surface area contributed by atoms with Crippen molar-refractivity contribution >= 4 is 16.8 Å². The molecule has 0 aliphatic heterocycles. The molecule has 94 valence electrons. The van der Waals surface area contributed by atoms with E-state index in [2.05, 4.69) is 13.8 Å². The largest absolute Gasteiger partial charge is 0.312 e. The molecule has 0 aliphatic rings. The highest BCUT2D eigenvalue weighted by molar-refractivity contribution is 6.67. The molecule has 0 N–H and O–H groups in total. The van der Waals surface area contributed by atoms with Gasteiger partial charge >= 0.3 is 0 Å². The second-order valence-corrected chi connectivity index (χ2v) is 5.10. The highest BCUT2D eigenvalue weighted by Crippen LogP contribution is 2.10. The first-order chi connectivity index (χ1) is 7.84. The number of nitrogens with zero attached hydrogens (tertiary/aromatic N) is 1. The molecule has 0 spiro atoms. The zero-order chi connectivity index (χ0) is 13.2. The van der Waals surface area contributed by atoms with Crippen LogP contribution in [0.4, 0.5) is 0 Å². The van der Waals surface area contributed by atoms with Gasteiger partial charge in [0.1, 0.15) is 5.56 Å². The Bertz CT molecular complexity index is 489. The van der Waals surface area contributed by atoms with Gasteiger partial charge in [0.2, 0.25) is 0 Å². The van der Waals surface area contributed by atoms with Gasteiger partial charge in [0, 0.05) is 12.2 Å². The topological polar surface area (TPSA) is 39.1 Å². The third-order valence-electron chi connectivity index (χ3n) is 2.83. The monoisotopic (exact) mass is 255 g/mol. The molecule has 1 heterocycles. The van der Waals surface area contributed by atoms with Crippen molar-refractivity contribution in [3.63, 3.8) is 0 Å². The van der Waals surface area contributed by atoms with Crippen molar-refractivity contribution < 1.29 is 4.79 Å². The normalized spacial score (nSPS) is 10.9. The van der Waals surface area contributed by atoms with Gasteiger partial charge < -0.3 is 4.57 Å². The Morgan fingerprint density at radius 2 is 2.00 bits per heavy atom. The van der Waals surface area contributed by atoms with E-state index in [0.29, 0.717) is 18.0 Å². The molecule has 4 heteroatoms. The van der Waals surface area contributed by atoms with Crippen molar-refractivity contribution in [1.82, 2.24) is 4.57 Å². The molecule has 0 amide bonds. The average Bonchev–Trinajstić information content (AvgIpc) is 2.14. The van der Waals surface area contributed by atoms with E-state index in [9.17, 15) is 9.59 Å². The zero-order valence-electron chi connectivity index (χ0n) is 10.7. The van der Waals surface area contributed by atoms with Crippen LogP contribution in [0.3, 0.4) is 0 Å².